The fourth-order valence-corrected chi connectivity index (χ4v) is 11.5. The SMILES string of the molecule is COC(=O)C[C@H](C[Si](c1ccccc1)(c1ccccc1)C(C)(C)C)NS(=O)c1ccc(C)cc1. The van der Waals surface area contributed by atoms with Gasteiger partial charge in [-0.15, -0.1) is 0 Å². The van der Waals surface area contributed by atoms with Gasteiger partial charge in [0.15, 0.2) is 0 Å². The molecule has 3 aromatic rings. The summed E-state index contributed by atoms with van der Waals surface area (Å²) in [5, 5.41) is 2.52. The molecule has 6 heteroatoms. The lowest BCUT2D eigenvalue weighted by Gasteiger charge is -2.46. The van der Waals surface area contributed by atoms with E-state index in [0.29, 0.717) is 10.9 Å². The molecule has 0 aliphatic heterocycles. The zero-order valence-corrected chi connectivity index (χ0v) is 22.5. The van der Waals surface area contributed by atoms with Gasteiger partial charge in [0, 0.05) is 6.04 Å². The van der Waals surface area contributed by atoms with Crippen LogP contribution in [0.2, 0.25) is 11.1 Å². The van der Waals surface area contributed by atoms with E-state index in [2.05, 4.69) is 74.0 Å². The maximum atomic E-state index is 13.3. The van der Waals surface area contributed by atoms with Gasteiger partial charge in [0.05, 0.1) is 18.4 Å². The minimum absolute atomic E-state index is 0.0723. The highest BCUT2D eigenvalue weighted by Gasteiger charge is 2.49. The van der Waals surface area contributed by atoms with Crippen molar-refractivity contribution in [2.24, 2.45) is 0 Å². The molecule has 34 heavy (non-hydrogen) atoms. The van der Waals surface area contributed by atoms with Gasteiger partial charge in [-0.1, -0.05) is 110 Å². The first-order valence-corrected chi connectivity index (χ1v) is 15.0. The number of esters is 1. The van der Waals surface area contributed by atoms with Gasteiger partial charge in [-0.2, -0.15) is 0 Å². The highest BCUT2D eigenvalue weighted by Crippen LogP contribution is 2.40. The first kappa shape index (κ1) is 26.1. The van der Waals surface area contributed by atoms with E-state index in [1.165, 1.54) is 17.5 Å². The third-order valence-electron chi connectivity index (χ3n) is 6.52. The zero-order valence-electron chi connectivity index (χ0n) is 20.7. The highest BCUT2D eigenvalue weighted by molar-refractivity contribution is 7.83. The molecule has 3 aromatic carbocycles. The molecular weight excluding hydrogens is 458 g/mol. The molecule has 0 aromatic heterocycles. The van der Waals surface area contributed by atoms with E-state index in [-0.39, 0.29) is 23.5 Å². The van der Waals surface area contributed by atoms with E-state index in [9.17, 15) is 9.00 Å². The van der Waals surface area contributed by atoms with Gasteiger partial charge in [-0.3, -0.25) is 4.79 Å². The number of rotatable bonds is 9. The lowest BCUT2D eigenvalue weighted by Crippen LogP contribution is -2.66. The van der Waals surface area contributed by atoms with Crippen LogP contribution in [0.15, 0.2) is 89.8 Å². The second-order valence-electron chi connectivity index (χ2n) is 9.77. The number of carbonyl (C=O) groups excluding carboxylic acids is 1. The second-order valence-corrected chi connectivity index (χ2v) is 15.9. The van der Waals surface area contributed by atoms with Crippen LogP contribution in [0.3, 0.4) is 0 Å². The van der Waals surface area contributed by atoms with E-state index >= 15 is 0 Å². The summed E-state index contributed by atoms with van der Waals surface area (Å²) in [6.45, 7) is 8.85. The molecule has 2 atom stereocenters. The summed E-state index contributed by atoms with van der Waals surface area (Å²) in [5.74, 6) is -0.309. The lowest BCUT2D eigenvalue weighted by molar-refractivity contribution is -0.140. The molecular formula is C28H35NO3SSi. The van der Waals surface area contributed by atoms with Crippen LogP contribution < -0.4 is 15.1 Å². The molecule has 0 saturated carbocycles. The average molecular weight is 494 g/mol. The standard InChI is InChI=1S/C28H35NO3SSi/c1-22-16-18-24(19-17-22)33(31)29-23(20-27(30)32-5)21-34(28(2,3)4,25-12-8-6-9-13-25)26-14-10-7-11-15-26/h6-19,23,29H,20-21H2,1-5H3/t23-,33?/m1/s1. The molecule has 4 nitrogen and oxygen atoms in total. The van der Waals surface area contributed by atoms with Gasteiger partial charge in [0.2, 0.25) is 0 Å². The van der Waals surface area contributed by atoms with Crippen LogP contribution in [0, 0.1) is 6.92 Å². The number of nitrogens with one attached hydrogen (secondary N) is 1. The molecule has 0 heterocycles. The topological polar surface area (TPSA) is 55.4 Å². The van der Waals surface area contributed by atoms with Crippen molar-refractivity contribution in [1.29, 1.82) is 0 Å². The predicted molar refractivity (Wildman–Crippen MR) is 144 cm³/mol. The Kier molecular flexibility index (Phi) is 8.63. The summed E-state index contributed by atoms with van der Waals surface area (Å²) in [6.07, 6.45) is 0.151. The van der Waals surface area contributed by atoms with Crippen LogP contribution in [0.4, 0.5) is 0 Å². The van der Waals surface area contributed by atoms with Gasteiger partial charge < -0.3 is 4.74 Å². The molecule has 0 aliphatic carbocycles. The summed E-state index contributed by atoms with van der Waals surface area (Å²) >= 11 is 0. The first-order valence-electron chi connectivity index (χ1n) is 11.6. The number of carbonyl (C=O) groups is 1. The third-order valence-corrected chi connectivity index (χ3v) is 14.1. The number of benzene rings is 3. The van der Waals surface area contributed by atoms with Crippen molar-refractivity contribution in [3.05, 3.63) is 90.5 Å². The summed E-state index contributed by atoms with van der Waals surface area (Å²) in [5.41, 5.74) is 1.11. The van der Waals surface area contributed by atoms with Crippen molar-refractivity contribution < 1.29 is 13.7 Å². The van der Waals surface area contributed by atoms with Crippen LogP contribution >= 0.6 is 0 Å². The van der Waals surface area contributed by atoms with Crippen molar-refractivity contribution in [3.63, 3.8) is 0 Å². The minimum atomic E-state index is -2.47. The fourth-order valence-electron chi connectivity index (χ4n) is 4.71. The van der Waals surface area contributed by atoms with Crippen LogP contribution in [0.5, 0.6) is 0 Å². The Balaban J connectivity index is 2.09. The summed E-state index contributed by atoms with van der Waals surface area (Å²) in [6, 6.07) is 29.2. The molecule has 3 rings (SSSR count). The summed E-state index contributed by atoms with van der Waals surface area (Å²) < 4.78 is 21.6. The van der Waals surface area contributed by atoms with Gasteiger partial charge in [0.1, 0.15) is 19.1 Å². The Bertz CT molecular complexity index is 1060. The number of ether oxygens (including phenoxy) is 1. The largest absolute Gasteiger partial charge is 0.469 e. The maximum absolute atomic E-state index is 13.3. The quantitative estimate of drug-likeness (QED) is 0.350. The Morgan fingerprint density at radius 2 is 1.41 bits per heavy atom. The van der Waals surface area contributed by atoms with Crippen molar-refractivity contribution in [2.75, 3.05) is 7.11 Å². The highest BCUT2D eigenvalue weighted by atomic mass is 32.2. The van der Waals surface area contributed by atoms with E-state index in [0.717, 1.165) is 5.56 Å². The Morgan fingerprint density at radius 3 is 1.85 bits per heavy atom. The molecule has 0 bridgehead atoms. The molecule has 0 radical (unpaired) electrons. The van der Waals surface area contributed by atoms with Gasteiger partial charge >= 0.3 is 5.97 Å². The number of methoxy groups -OCH3 is 1. The zero-order chi connectivity index (χ0) is 24.8. The fraction of sp³-hybridized carbons (Fsp3) is 0.321. The Labute approximate surface area is 207 Å². The van der Waals surface area contributed by atoms with E-state index < -0.39 is 19.1 Å². The van der Waals surface area contributed by atoms with Crippen LogP contribution in [-0.4, -0.2) is 31.4 Å². The number of hydrogen-bond acceptors (Lipinski definition) is 3. The molecule has 180 valence electrons. The molecule has 0 amide bonds. The van der Waals surface area contributed by atoms with Crippen molar-refractivity contribution in [1.82, 2.24) is 4.72 Å². The Morgan fingerprint density at radius 1 is 0.912 bits per heavy atom. The van der Waals surface area contributed by atoms with Gasteiger partial charge in [0.25, 0.3) is 0 Å². The van der Waals surface area contributed by atoms with E-state index in [1.54, 1.807) is 0 Å². The molecule has 1 unspecified atom stereocenters. The predicted octanol–water partition coefficient (Wildman–Crippen LogP) is 4.60. The van der Waals surface area contributed by atoms with Crippen LogP contribution in [0.25, 0.3) is 0 Å². The summed E-state index contributed by atoms with van der Waals surface area (Å²) in [7, 11) is -2.52. The summed E-state index contributed by atoms with van der Waals surface area (Å²) in [4.78, 5) is 13.1. The molecule has 0 saturated heterocycles. The van der Waals surface area contributed by atoms with Crippen molar-refractivity contribution in [2.45, 2.75) is 56.1 Å². The van der Waals surface area contributed by atoms with E-state index in [4.69, 9.17) is 4.74 Å². The minimum Gasteiger partial charge on any atom is -0.469 e. The maximum Gasteiger partial charge on any atom is 0.307 e. The second kappa shape index (κ2) is 11.3. The van der Waals surface area contributed by atoms with Crippen molar-refractivity contribution >= 4 is 35.4 Å². The Hall–Kier alpha value is -2.54. The van der Waals surface area contributed by atoms with E-state index in [1.807, 2.05) is 43.3 Å². The normalized spacial score (nSPS) is 13.8. The molecule has 0 aliphatic rings. The third kappa shape index (κ3) is 5.92. The lowest BCUT2D eigenvalue weighted by atomic mass is 10.2. The van der Waals surface area contributed by atoms with Gasteiger partial charge in [-0.05, 0) is 30.1 Å². The smallest absolute Gasteiger partial charge is 0.307 e. The molecule has 1 N–H and O–H groups in total. The van der Waals surface area contributed by atoms with Gasteiger partial charge in [-0.25, -0.2) is 8.93 Å². The first-order chi connectivity index (χ1) is 16.2. The molecule has 0 spiro atoms. The number of aryl methyl sites for hydroxylation is 1. The number of hydrogen-bond donors (Lipinski definition) is 1. The van der Waals surface area contributed by atoms with Crippen LogP contribution in [0.1, 0.15) is 32.8 Å². The monoisotopic (exact) mass is 493 g/mol. The van der Waals surface area contributed by atoms with Crippen molar-refractivity contribution in [3.8, 4) is 0 Å². The van der Waals surface area contributed by atoms with Crippen LogP contribution in [-0.2, 0) is 20.5 Å². The molecule has 0 fully saturated rings. The average Bonchev–Trinajstić information content (AvgIpc) is 2.83.